The van der Waals surface area contributed by atoms with Crippen LogP contribution in [-0.4, -0.2) is 18.1 Å². The molecule has 0 heterocycles. The fourth-order valence-electron chi connectivity index (χ4n) is 8.08. The predicted molar refractivity (Wildman–Crippen MR) is 192 cm³/mol. The van der Waals surface area contributed by atoms with Crippen LogP contribution in [0.25, 0.3) is 0 Å². The highest BCUT2D eigenvalue weighted by Crippen LogP contribution is 2.50. The number of hydrogen-bond acceptors (Lipinski definition) is 2. The van der Waals surface area contributed by atoms with Crippen molar-refractivity contribution in [2.45, 2.75) is 65.6 Å². The Balaban J connectivity index is 1.43. The molecule has 2 heteroatoms. The van der Waals surface area contributed by atoms with Crippen LogP contribution in [0.2, 0.25) is 0 Å². The molecule has 0 aromatic heterocycles. The maximum atomic E-state index is 2.77. The molecular weight excluding hydrogens is 544 g/mol. The molecule has 0 bridgehead atoms. The van der Waals surface area contributed by atoms with E-state index in [4.69, 9.17) is 0 Å². The fraction of sp³-hybridized carbons (Fsp3) is 0.302. The van der Waals surface area contributed by atoms with Crippen LogP contribution in [0, 0.1) is 31.6 Å². The Hall–Kier alpha value is -4.30. The molecule has 2 aromatic carbocycles. The van der Waals surface area contributed by atoms with Crippen LogP contribution in [0.15, 0.2) is 156 Å². The van der Waals surface area contributed by atoms with E-state index >= 15 is 0 Å². The predicted octanol–water partition coefficient (Wildman–Crippen LogP) is 10.3. The minimum Gasteiger partial charge on any atom is -0.360 e. The highest BCUT2D eigenvalue weighted by Gasteiger charge is 2.47. The van der Waals surface area contributed by atoms with Crippen molar-refractivity contribution in [3.63, 3.8) is 0 Å². The molecule has 0 saturated heterocycles. The summed E-state index contributed by atoms with van der Waals surface area (Å²) in [6.45, 7) is 11.2. The first kappa shape index (κ1) is 29.4. The van der Waals surface area contributed by atoms with Gasteiger partial charge < -0.3 is 9.80 Å². The summed E-state index contributed by atoms with van der Waals surface area (Å²) in [6.07, 6.45) is 33.0. The molecule has 0 spiro atoms. The summed E-state index contributed by atoms with van der Waals surface area (Å²) in [7, 11) is 0. The third kappa shape index (κ3) is 5.56. The first-order valence-electron chi connectivity index (χ1n) is 16.8. The second-order valence-electron chi connectivity index (χ2n) is 13.6. The summed E-state index contributed by atoms with van der Waals surface area (Å²) in [6, 6.07) is 19.2. The molecule has 2 nitrogen and oxygen atoms in total. The van der Waals surface area contributed by atoms with Gasteiger partial charge in [-0.25, -0.2) is 0 Å². The van der Waals surface area contributed by atoms with E-state index in [0.717, 1.165) is 12.8 Å². The molecule has 2 aromatic rings. The molecular formula is C43H46N2. The zero-order valence-corrected chi connectivity index (χ0v) is 27.4. The van der Waals surface area contributed by atoms with E-state index in [-0.39, 0.29) is 18.0 Å². The smallest absolute Gasteiger partial charge is 0.0585 e. The average Bonchev–Trinajstić information content (AvgIpc) is 3.05. The third-order valence-electron chi connectivity index (χ3n) is 10.3. The zero-order valence-electron chi connectivity index (χ0n) is 27.4. The molecule has 5 aliphatic rings. The van der Waals surface area contributed by atoms with Gasteiger partial charge in [0.05, 0.1) is 12.1 Å². The molecule has 0 fully saturated rings. The monoisotopic (exact) mass is 590 g/mol. The highest BCUT2D eigenvalue weighted by atomic mass is 15.2. The number of aryl methyl sites for hydroxylation is 2. The Bertz CT molecular complexity index is 1720. The van der Waals surface area contributed by atoms with Gasteiger partial charge in [0.2, 0.25) is 0 Å². The summed E-state index contributed by atoms with van der Waals surface area (Å²) >= 11 is 0. The number of fused-ring (bicyclic) bond motifs is 2. The first-order chi connectivity index (χ1) is 21.9. The minimum atomic E-state index is 0.227. The Labute approximate surface area is 270 Å². The largest absolute Gasteiger partial charge is 0.360 e. The SMILES string of the molecule is CC1=CCC(N(c2ccc(C)cc2)C2C3C=CC=CC3=C(N(c3ccc(C)cc3)C3C=CC(C)=CC3C)C3=CC=CCC32)C=C1. The second kappa shape index (κ2) is 12.2. The second-order valence-corrected chi connectivity index (χ2v) is 13.6. The van der Waals surface area contributed by atoms with Crippen LogP contribution < -0.4 is 9.80 Å². The molecule has 5 aliphatic carbocycles. The quantitative estimate of drug-likeness (QED) is 0.330. The van der Waals surface area contributed by atoms with Crippen molar-refractivity contribution in [2.75, 3.05) is 9.80 Å². The van der Waals surface area contributed by atoms with Crippen LogP contribution in [0.1, 0.15) is 44.7 Å². The van der Waals surface area contributed by atoms with Crippen LogP contribution >= 0.6 is 0 Å². The van der Waals surface area contributed by atoms with Gasteiger partial charge in [0.15, 0.2) is 0 Å². The fourth-order valence-corrected chi connectivity index (χ4v) is 8.08. The molecule has 0 amide bonds. The van der Waals surface area contributed by atoms with Crippen molar-refractivity contribution < 1.29 is 0 Å². The Kier molecular flexibility index (Phi) is 8.00. The van der Waals surface area contributed by atoms with Crippen molar-refractivity contribution in [2.24, 2.45) is 17.8 Å². The first-order valence-corrected chi connectivity index (χ1v) is 16.8. The van der Waals surface area contributed by atoms with Gasteiger partial charge in [-0.05, 0) is 81.9 Å². The standard InChI is InChI=1S/C43H46N2/c1-29-14-21-34(22-15-29)44(35-23-16-30(2)17-24-35)42-37-10-6-8-12-39(37)43(40-13-9-7-11-38(40)42)45(36-25-18-31(3)19-26-36)41-27-20-32(4)28-33(41)5/h6-10,12-23,25-28,33,35,37-38,41-42H,11,24H2,1-5H3. The maximum absolute atomic E-state index is 2.77. The van der Waals surface area contributed by atoms with E-state index in [0.29, 0.717) is 17.9 Å². The van der Waals surface area contributed by atoms with E-state index in [1.54, 1.807) is 0 Å². The molecule has 45 heavy (non-hydrogen) atoms. The highest BCUT2D eigenvalue weighted by molar-refractivity contribution is 5.68. The van der Waals surface area contributed by atoms with E-state index in [1.165, 1.54) is 50.5 Å². The minimum absolute atomic E-state index is 0.227. The third-order valence-corrected chi connectivity index (χ3v) is 10.3. The van der Waals surface area contributed by atoms with E-state index in [1.807, 2.05) is 0 Å². The van der Waals surface area contributed by atoms with Crippen LogP contribution in [-0.2, 0) is 0 Å². The number of anilines is 2. The number of nitrogens with zero attached hydrogens (tertiary/aromatic N) is 2. The summed E-state index contributed by atoms with van der Waals surface area (Å²) in [5.41, 5.74) is 12.2. The number of allylic oxidation sites excluding steroid dienone is 11. The molecule has 6 atom stereocenters. The Morgan fingerprint density at radius 2 is 1.40 bits per heavy atom. The number of benzene rings is 2. The van der Waals surface area contributed by atoms with Gasteiger partial charge in [-0.15, -0.1) is 0 Å². The van der Waals surface area contributed by atoms with Gasteiger partial charge in [0, 0.05) is 34.9 Å². The van der Waals surface area contributed by atoms with Crippen molar-refractivity contribution in [3.05, 3.63) is 167 Å². The number of rotatable bonds is 6. The summed E-state index contributed by atoms with van der Waals surface area (Å²) < 4.78 is 0. The average molecular weight is 591 g/mol. The van der Waals surface area contributed by atoms with E-state index < -0.39 is 0 Å². The van der Waals surface area contributed by atoms with E-state index in [2.05, 4.69) is 172 Å². The van der Waals surface area contributed by atoms with Gasteiger partial charge in [-0.1, -0.05) is 132 Å². The van der Waals surface area contributed by atoms with Crippen LogP contribution in [0.5, 0.6) is 0 Å². The molecule has 0 saturated carbocycles. The Morgan fingerprint density at radius 3 is 2.09 bits per heavy atom. The summed E-state index contributed by atoms with van der Waals surface area (Å²) in [5.74, 6) is 0.992. The topological polar surface area (TPSA) is 6.48 Å². The zero-order chi connectivity index (χ0) is 31.1. The molecule has 228 valence electrons. The van der Waals surface area contributed by atoms with Crippen molar-refractivity contribution in [1.82, 2.24) is 0 Å². The lowest BCUT2D eigenvalue weighted by atomic mass is 9.66. The molecule has 6 unspecified atom stereocenters. The Morgan fingerprint density at radius 1 is 0.689 bits per heavy atom. The molecule has 0 N–H and O–H groups in total. The van der Waals surface area contributed by atoms with Gasteiger partial charge in [-0.2, -0.15) is 0 Å². The van der Waals surface area contributed by atoms with Crippen LogP contribution in [0.3, 0.4) is 0 Å². The number of hydrogen-bond donors (Lipinski definition) is 0. The van der Waals surface area contributed by atoms with Crippen LogP contribution in [0.4, 0.5) is 11.4 Å². The lowest BCUT2D eigenvalue weighted by Crippen LogP contribution is -2.55. The molecule has 7 rings (SSSR count). The normalized spacial score (nSPS) is 28.2. The molecule has 0 aliphatic heterocycles. The van der Waals surface area contributed by atoms with Crippen molar-refractivity contribution in [3.8, 4) is 0 Å². The van der Waals surface area contributed by atoms with E-state index in [9.17, 15) is 0 Å². The maximum Gasteiger partial charge on any atom is 0.0585 e. The van der Waals surface area contributed by atoms with Gasteiger partial charge in [-0.3, -0.25) is 0 Å². The van der Waals surface area contributed by atoms with Crippen molar-refractivity contribution in [1.29, 1.82) is 0 Å². The van der Waals surface area contributed by atoms with Gasteiger partial charge in [0.25, 0.3) is 0 Å². The molecule has 0 radical (unpaired) electrons. The van der Waals surface area contributed by atoms with Crippen molar-refractivity contribution >= 4 is 11.4 Å². The van der Waals surface area contributed by atoms with Gasteiger partial charge >= 0.3 is 0 Å². The summed E-state index contributed by atoms with van der Waals surface area (Å²) in [5, 5.41) is 0. The summed E-state index contributed by atoms with van der Waals surface area (Å²) in [4.78, 5) is 5.44. The lowest BCUT2D eigenvalue weighted by Gasteiger charge is -2.53. The van der Waals surface area contributed by atoms with Gasteiger partial charge in [0.1, 0.15) is 0 Å². The lowest BCUT2D eigenvalue weighted by molar-refractivity contribution is 0.358.